The molecule has 0 aromatic carbocycles. The van der Waals surface area contributed by atoms with Gasteiger partial charge in [-0.15, -0.1) is 11.3 Å². The number of hydrogen-bond acceptors (Lipinski definition) is 6. The number of aliphatic hydroxyl groups is 1. The Balaban J connectivity index is 1.69. The first-order valence-corrected chi connectivity index (χ1v) is 12.6. The van der Waals surface area contributed by atoms with Crippen molar-refractivity contribution in [3.63, 3.8) is 0 Å². The molecule has 4 heterocycles. The number of likely N-dealkylation sites (tertiary alicyclic amines) is 1. The zero-order chi connectivity index (χ0) is 24.4. The van der Waals surface area contributed by atoms with Crippen LogP contribution >= 0.6 is 11.3 Å². The van der Waals surface area contributed by atoms with Gasteiger partial charge >= 0.3 is 0 Å². The van der Waals surface area contributed by atoms with Crippen molar-refractivity contribution in [3.8, 4) is 16.3 Å². The summed E-state index contributed by atoms with van der Waals surface area (Å²) in [7, 11) is 1.87. The SMILES string of the molecule is CCc1cc2c(nc1-c1cccs1)c(OC(C)C)c(C(=O)NC1CCN(C(=O)CO)CC1)n2C. The summed E-state index contributed by atoms with van der Waals surface area (Å²) in [4.78, 5) is 33.0. The predicted molar refractivity (Wildman–Crippen MR) is 133 cm³/mol. The summed E-state index contributed by atoms with van der Waals surface area (Å²) in [5, 5.41) is 14.3. The molecule has 3 aromatic rings. The van der Waals surface area contributed by atoms with Gasteiger partial charge in [0.25, 0.3) is 5.91 Å². The Morgan fingerprint density at radius 3 is 2.65 bits per heavy atom. The highest BCUT2D eigenvalue weighted by Crippen LogP contribution is 2.37. The molecule has 0 radical (unpaired) electrons. The smallest absolute Gasteiger partial charge is 0.272 e. The Morgan fingerprint density at radius 2 is 2.06 bits per heavy atom. The molecule has 1 saturated heterocycles. The second kappa shape index (κ2) is 10.1. The highest BCUT2D eigenvalue weighted by Gasteiger charge is 2.29. The summed E-state index contributed by atoms with van der Waals surface area (Å²) < 4.78 is 8.05. The Bertz CT molecular complexity index is 1180. The van der Waals surface area contributed by atoms with Gasteiger partial charge < -0.3 is 24.6 Å². The fourth-order valence-electron chi connectivity index (χ4n) is 4.48. The number of aromatic nitrogens is 2. The Hall–Kier alpha value is -2.91. The molecule has 182 valence electrons. The minimum atomic E-state index is -0.483. The summed E-state index contributed by atoms with van der Waals surface area (Å²) in [6.45, 7) is 6.53. The number of ether oxygens (including phenoxy) is 1. The van der Waals surface area contributed by atoms with E-state index >= 15 is 0 Å². The van der Waals surface area contributed by atoms with Crippen LogP contribution in [-0.4, -0.2) is 63.2 Å². The van der Waals surface area contributed by atoms with E-state index in [-0.39, 0.29) is 24.0 Å². The number of nitrogens with one attached hydrogen (secondary N) is 1. The van der Waals surface area contributed by atoms with Crippen LogP contribution in [-0.2, 0) is 18.3 Å². The lowest BCUT2D eigenvalue weighted by molar-refractivity contribution is -0.135. The van der Waals surface area contributed by atoms with Gasteiger partial charge in [-0.05, 0) is 56.2 Å². The molecule has 2 amide bonds. The first kappa shape index (κ1) is 24.2. The topological polar surface area (TPSA) is 96.7 Å². The van der Waals surface area contributed by atoms with Crippen LogP contribution in [0.1, 0.15) is 49.7 Å². The maximum absolute atomic E-state index is 13.5. The van der Waals surface area contributed by atoms with Crippen molar-refractivity contribution in [2.24, 2.45) is 7.05 Å². The number of pyridine rings is 1. The number of thiophene rings is 1. The minimum Gasteiger partial charge on any atom is -0.486 e. The van der Waals surface area contributed by atoms with Crippen LogP contribution in [0.4, 0.5) is 0 Å². The third kappa shape index (κ3) is 4.67. The van der Waals surface area contributed by atoms with Gasteiger partial charge in [-0.25, -0.2) is 4.98 Å². The maximum atomic E-state index is 13.5. The fraction of sp³-hybridized carbons (Fsp3) is 0.480. The van der Waals surface area contributed by atoms with Gasteiger partial charge in [-0.1, -0.05) is 13.0 Å². The van der Waals surface area contributed by atoms with Gasteiger partial charge in [0, 0.05) is 26.2 Å². The van der Waals surface area contributed by atoms with E-state index in [1.54, 1.807) is 16.2 Å². The van der Waals surface area contributed by atoms with Gasteiger partial charge in [0.15, 0.2) is 11.4 Å². The Morgan fingerprint density at radius 1 is 1.32 bits per heavy atom. The quantitative estimate of drug-likeness (QED) is 0.536. The lowest BCUT2D eigenvalue weighted by Gasteiger charge is -2.32. The van der Waals surface area contributed by atoms with Gasteiger partial charge in [-0.3, -0.25) is 9.59 Å². The monoisotopic (exact) mass is 484 g/mol. The molecule has 3 aromatic heterocycles. The Kier molecular flexibility index (Phi) is 7.23. The Labute approximate surface area is 203 Å². The van der Waals surface area contributed by atoms with E-state index in [2.05, 4.69) is 24.4 Å². The van der Waals surface area contributed by atoms with E-state index < -0.39 is 6.61 Å². The number of aliphatic hydroxyl groups excluding tert-OH is 1. The van der Waals surface area contributed by atoms with Crippen molar-refractivity contribution in [2.45, 2.75) is 52.2 Å². The molecule has 1 aliphatic rings. The normalized spacial score (nSPS) is 14.7. The number of fused-ring (bicyclic) bond motifs is 1. The molecular formula is C25H32N4O4S. The summed E-state index contributed by atoms with van der Waals surface area (Å²) >= 11 is 1.65. The molecule has 1 aliphatic heterocycles. The van der Waals surface area contributed by atoms with E-state index in [1.807, 2.05) is 36.9 Å². The van der Waals surface area contributed by atoms with E-state index in [0.29, 0.717) is 42.9 Å². The van der Waals surface area contributed by atoms with Crippen molar-refractivity contribution < 1.29 is 19.4 Å². The van der Waals surface area contributed by atoms with Crippen molar-refractivity contribution in [2.75, 3.05) is 19.7 Å². The van der Waals surface area contributed by atoms with Crippen molar-refractivity contribution in [1.82, 2.24) is 19.8 Å². The van der Waals surface area contributed by atoms with Gasteiger partial charge in [-0.2, -0.15) is 0 Å². The molecule has 0 bridgehead atoms. The van der Waals surface area contributed by atoms with E-state index in [1.165, 1.54) is 0 Å². The predicted octanol–water partition coefficient (Wildman–Crippen LogP) is 3.36. The molecule has 2 N–H and O–H groups in total. The number of rotatable bonds is 7. The standard InChI is InChI=1S/C25H32N4O4S/c1-5-16-13-18-22(27-21(16)19-7-6-12-34-19)24(33-15(2)3)23(28(18)4)25(32)26-17-8-10-29(11-9-17)20(31)14-30/h6-7,12-13,15,17,30H,5,8-11,14H2,1-4H3,(H,26,32). The lowest BCUT2D eigenvalue weighted by atomic mass is 10.0. The number of piperidine rings is 1. The van der Waals surface area contributed by atoms with E-state index in [9.17, 15) is 9.59 Å². The number of aryl methyl sites for hydroxylation is 2. The molecule has 4 rings (SSSR count). The van der Waals surface area contributed by atoms with Crippen LogP contribution < -0.4 is 10.1 Å². The van der Waals surface area contributed by atoms with E-state index in [0.717, 1.165) is 28.1 Å². The summed E-state index contributed by atoms with van der Waals surface area (Å²) in [5.41, 5.74) is 4.05. The fourth-order valence-corrected chi connectivity index (χ4v) is 5.23. The average molecular weight is 485 g/mol. The molecule has 0 saturated carbocycles. The van der Waals surface area contributed by atoms with E-state index in [4.69, 9.17) is 14.8 Å². The molecule has 34 heavy (non-hydrogen) atoms. The van der Waals surface area contributed by atoms with Crippen molar-refractivity contribution in [1.29, 1.82) is 0 Å². The van der Waals surface area contributed by atoms with Crippen LogP contribution in [0.3, 0.4) is 0 Å². The zero-order valence-electron chi connectivity index (χ0n) is 20.1. The highest BCUT2D eigenvalue weighted by atomic mass is 32.1. The lowest BCUT2D eigenvalue weighted by Crippen LogP contribution is -2.47. The van der Waals surface area contributed by atoms with Crippen LogP contribution in [0, 0.1) is 0 Å². The number of hydrogen-bond donors (Lipinski definition) is 2. The van der Waals surface area contributed by atoms with Crippen LogP contribution in [0.15, 0.2) is 23.6 Å². The van der Waals surface area contributed by atoms with Gasteiger partial charge in [0.1, 0.15) is 12.1 Å². The number of carbonyl (C=O) groups is 2. The zero-order valence-corrected chi connectivity index (χ0v) is 20.9. The minimum absolute atomic E-state index is 0.0546. The van der Waals surface area contributed by atoms with Crippen molar-refractivity contribution >= 4 is 34.2 Å². The molecule has 0 aliphatic carbocycles. The largest absolute Gasteiger partial charge is 0.486 e. The first-order valence-electron chi connectivity index (χ1n) is 11.8. The summed E-state index contributed by atoms with van der Waals surface area (Å²) in [5.74, 6) is 0.0163. The number of nitrogens with zero attached hydrogens (tertiary/aromatic N) is 3. The van der Waals surface area contributed by atoms with Gasteiger partial charge in [0.05, 0.1) is 22.2 Å². The molecule has 8 nitrogen and oxygen atoms in total. The highest BCUT2D eigenvalue weighted by molar-refractivity contribution is 7.13. The molecule has 0 spiro atoms. The summed E-state index contributed by atoms with van der Waals surface area (Å²) in [6.07, 6.45) is 1.99. The number of amides is 2. The maximum Gasteiger partial charge on any atom is 0.272 e. The van der Waals surface area contributed by atoms with Gasteiger partial charge in [0.2, 0.25) is 5.91 Å². The van der Waals surface area contributed by atoms with Crippen molar-refractivity contribution in [3.05, 3.63) is 34.8 Å². The molecule has 1 fully saturated rings. The molecular weight excluding hydrogens is 452 g/mol. The number of carbonyl (C=O) groups excluding carboxylic acids is 2. The summed E-state index contributed by atoms with van der Waals surface area (Å²) in [6, 6.07) is 6.13. The molecule has 0 atom stereocenters. The van der Waals surface area contributed by atoms with Crippen LogP contribution in [0.25, 0.3) is 21.6 Å². The first-order chi connectivity index (χ1) is 16.3. The second-order valence-corrected chi connectivity index (χ2v) is 9.83. The molecule has 9 heteroatoms. The average Bonchev–Trinajstić information content (AvgIpc) is 3.45. The van der Waals surface area contributed by atoms with Crippen LogP contribution in [0.5, 0.6) is 5.75 Å². The second-order valence-electron chi connectivity index (χ2n) is 8.88. The van der Waals surface area contributed by atoms with Crippen LogP contribution in [0.2, 0.25) is 0 Å². The third-order valence-corrected chi connectivity index (χ3v) is 7.11. The third-order valence-electron chi connectivity index (χ3n) is 6.23. The molecule has 0 unspecified atom stereocenters.